The largest absolute Gasteiger partial charge is 0.353 e. The number of nitrogens with one attached hydrogen (secondary N) is 2. The summed E-state index contributed by atoms with van der Waals surface area (Å²) in [4.78, 5) is 35.0. The topological polar surface area (TPSA) is 88.5 Å². The first-order valence-electron chi connectivity index (χ1n) is 11.3. The number of aryl methyl sites for hydroxylation is 2. The van der Waals surface area contributed by atoms with E-state index in [2.05, 4.69) is 15.6 Å². The SMILES string of the molecule is Cc1cc(F)c(NC(=O)N2OCC[C@@H]2c2ccccc2)cc1Nc1ccc2ncn(C)c(=O)c2c1F. The third-order valence-electron chi connectivity index (χ3n) is 6.14. The predicted octanol–water partition coefficient (Wildman–Crippen LogP) is 5.17. The molecule has 0 aliphatic carbocycles. The van der Waals surface area contributed by atoms with E-state index in [1.807, 2.05) is 30.3 Å². The van der Waals surface area contributed by atoms with Gasteiger partial charge in [-0.1, -0.05) is 30.3 Å². The van der Waals surface area contributed by atoms with Gasteiger partial charge in [-0.15, -0.1) is 0 Å². The number of hydrogen-bond donors (Lipinski definition) is 2. The van der Waals surface area contributed by atoms with Crippen molar-refractivity contribution < 1.29 is 18.4 Å². The summed E-state index contributed by atoms with van der Waals surface area (Å²) in [5.41, 5.74) is 1.35. The molecule has 8 nitrogen and oxygen atoms in total. The van der Waals surface area contributed by atoms with E-state index < -0.39 is 23.2 Å². The maximum absolute atomic E-state index is 15.2. The number of nitrogens with zero attached hydrogens (tertiary/aromatic N) is 3. The number of anilines is 3. The summed E-state index contributed by atoms with van der Waals surface area (Å²) in [6.07, 6.45) is 1.93. The Labute approximate surface area is 205 Å². The average molecular weight is 491 g/mol. The highest BCUT2D eigenvalue weighted by atomic mass is 19.1. The van der Waals surface area contributed by atoms with Crippen LogP contribution in [-0.2, 0) is 11.9 Å². The monoisotopic (exact) mass is 491 g/mol. The van der Waals surface area contributed by atoms with E-state index in [0.717, 1.165) is 5.56 Å². The number of carbonyl (C=O) groups is 1. The van der Waals surface area contributed by atoms with Gasteiger partial charge in [-0.3, -0.25) is 9.63 Å². The number of fused-ring (bicyclic) bond motifs is 1. The van der Waals surface area contributed by atoms with Crippen LogP contribution in [0.1, 0.15) is 23.6 Å². The number of rotatable bonds is 4. The predicted molar refractivity (Wildman–Crippen MR) is 132 cm³/mol. The summed E-state index contributed by atoms with van der Waals surface area (Å²) in [6, 6.07) is 14.1. The molecule has 2 amide bonds. The number of amides is 2. The van der Waals surface area contributed by atoms with Gasteiger partial charge in [0.25, 0.3) is 5.56 Å². The molecule has 1 fully saturated rings. The van der Waals surface area contributed by atoms with Crippen LogP contribution in [0, 0.1) is 18.6 Å². The first-order valence-corrected chi connectivity index (χ1v) is 11.3. The molecule has 1 aliphatic heterocycles. The first kappa shape index (κ1) is 23.4. The number of carbonyl (C=O) groups excluding carboxylic acids is 1. The van der Waals surface area contributed by atoms with E-state index in [1.165, 1.54) is 47.3 Å². The van der Waals surface area contributed by atoms with Crippen LogP contribution in [0.2, 0.25) is 0 Å². The van der Waals surface area contributed by atoms with Gasteiger partial charge in [-0.05, 0) is 42.3 Å². The number of aromatic nitrogens is 2. The second kappa shape index (κ2) is 9.38. The Morgan fingerprint density at radius 3 is 2.64 bits per heavy atom. The van der Waals surface area contributed by atoms with Crippen LogP contribution in [0.25, 0.3) is 10.9 Å². The van der Waals surface area contributed by atoms with Gasteiger partial charge in [-0.2, -0.15) is 5.06 Å². The molecule has 0 spiro atoms. The molecule has 3 aromatic carbocycles. The quantitative estimate of drug-likeness (QED) is 0.411. The molecule has 0 radical (unpaired) electrons. The van der Waals surface area contributed by atoms with E-state index in [4.69, 9.17) is 4.84 Å². The molecule has 184 valence electrons. The highest BCUT2D eigenvalue weighted by Gasteiger charge is 2.32. The Morgan fingerprint density at radius 1 is 1.08 bits per heavy atom. The van der Waals surface area contributed by atoms with Gasteiger partial charge in [0.1, 0.15) is 11.2 Å². The lowest BCUT2D eigenvalue weighted by molar-refractivity contribution is -0.0830. The maximum Gasteiger partial charge on any atom is 0.346 e. The molecular weight excluding hydrogens is 468 g/mol. The van der Waals surface area contributed by atoms with Gasteiger partial charge in [0.05, 0.1) is 35.9 Å². The molecule has 5 rings (SSSR count). The summed E-state index contributed by atoms with van der Waals surface area (Å²) in [5.74, 6) is -1.43. The third-order valence-corrected chi connectivity index (χ3v) is 6.14. The van der Waals surface area contributed by atoms with Crippen LogP contribution in [0.15, 0.2) is 65.7 Å². The zero-order valence-corrected chi connectivity index (χ0v) is 19.6. The maximum atomic E-state index is 15.2. The van der Waals surface area contributed by atoms with Crippen molar-refractivity contribution >= 4 is 34.0 Å². The highest BCUT2D eigenvalue weighted by molar-refractivity contribution is 5.90. The molecule has 2 N–H and O–H groups in total. The number of halogens is 2. The summed E-state index contributed by atoms with van der Waals surface area (Å²) < 4.78 is 31.2. The van der Waals surface area contributed by atoms with E-state index in [0.29, 0.717) is 24.3 Å². The molecule has 1 aliphatic rings. The molecule has 36 heavy (non-hydrogen) atoms. The van der Waals surface area contributed by atoms with Crippen LogP contribution in [0.3, 0.4) is 0 Å². The summed E-state index contributed by atoms with van der Waals surface area (Å²) in [7, 11) is 1.49. The van der Waals surface area contributed by atoms with Gasteiger partial charge >= 0.3 is 6.03 Å². The van der Waals surface area contributed by atoms with Crippen molar-refractivity contribution in [3.8, 4) is 0 Å². The summed E-state index contributed by atoms with van der Waals surface area (Å²) in [6.45, 7) is 2.00. The lowest BCUT2D eigenvalue weighted by Crippen LogP contribution is -2.33. The molecule has 1 aromatic heterocycles. The Bertz CT molecular complexity index is 1520. The van der Waals surface area contributed by atoms with Gasteiger partial charge in [0.15, 0.2) is 5.82 Å². The zero-order chi connectivity index (χ0) is 25.4. The van der Waals surface area contributed by atoms with Crippen LogP contribution in [-0.4, -0.2) is 27.3 Å². The summed E-state index contributed by atoms with van der Waals surface area (Å²) in [5, 5.41) is 6.51. The molecule has 2 heterocycles. The Balaban J connectivity index is 1.42. The molecule has 10 heteroatoms. The minimum absolute atomic E-state index is 0.0200. The normalized spacial score (nSPS) is 15.3. The molecule has 0 bridgehead atoms. The van der Waals surface area contributed by atoms with Crippen molar-refractivity contribution in [1.29, 1.82) is 0 Å². The van der Waals surface area contributed by atoms with Gasteiger partial charge < -0.3 is 15.2 Å². The number of urea groups is 1. The van der Waals surface area contributed by atoms with Crippen molar-refractivity contribution in [2.24, 2.45) is 7.05 Å². The molecular formula is C26H23F2N5O3. The van der Waals surface area contributed by atoms with Crippen LogP contribution < -0.4 is 16.2 Å². The lowest BCUT2D eigenvalue weighted by atomic mass is 10.1. The smallest absolute Gasteiger partial charge is 0.346 e. The molecule has 4 aromatic rings. The second-order valence-corrected chi connectivity index (χ2v) is 8.56. The van der Waals surface area contributed by atoms with Crippen molar-refractivity contribution in [2.45, 2.75) is 19.4 Å². The van der Waals surface area contributed by atoms with Crippen molar-refractivity contribution in [3.63, 3.8) is 0 Å². The first-order chi connectivity index (χ1) is 17.3. The number of hydrogen-bond acceptors (Lipinski definition) is 5. The fourth-order valence-corrected chi connectivity index (χ4v) is 4.22. The Morgan fingerprint density at radius 2 is 1.86 bits per heavy atom. The number of benzene rings is 3. The Hall–Kier alpha value is -4.31. The van der Waals surface area contributed by atoms with Gasteiger partial charge in [0, 0.05) is 19.2 Å². The van der Waals surface area contributed by atoms with E-state index >= 15 is 4.39 Å². The minimum atomic E-state index is -0.772. The molecule has 1 atom stereocenters. The van der Waals surface area contributed by atoms with Crippen LogP contribution in [0.5, 0.6) is 0 Å². The van der Waals surface area contributed by atoms with Crippen LogP contribution in [0.4, 0.5) is 30.6 Å². The molecule has 1 saturated heterocycles. The van der Waals surface area contributed by atoms with E-state index in [1.54, 1.807) is 6.92 Å². The second-order valence-electron chi connectivity index (χ2n) is 8.56. The molecule has 0 saturated carbocycles. The number of hydroxylamine groups is 2. The minimum Gasteiger partial charge on any atom is -0.353 e. The van der Waals surface area contributed by atoms with Gasteiger partial charge in [-0.25, -0.2) is 18.6 Å². The van der Waals surface area contributed by atoms with Gasteiger partial charge in [0.2, 0.25) is 0 Å². The summed E-state index contributed by atoms with van der Waals surface area (Å²) >= 11 is 0. The zero-order valence-electron chi connectivity index (χ0n) is 19.6. The van der Waals surface area contributed by atoms with Crippen molar-refractivity contribution in [2.75, 3.05) is 17.2 Å². The van der Waals surface area contributed by atoms with E-state index in [9.17, 15) is 14.0 Å². The fourth-order valence-electron chi connectivity index (χ4n) is 4.22. The standard InChI is InChI=1S/C26H23F2N5O3/c1-15-12-17(27)21(31-26(35)33-22(10-11-36-33)16-6-4-3-5-7-16)13-20(15)30-19-9-8-18-23(24(19)28)25(34)32(2)14-29-18/h3-9,12-14,22,30H,10-11H2,1-2H3,(H,31,35)/t22-/m1/s1. The fraction of sp³-hybridized carbons (Fsp3) is 0.192. The molecule has 0 unspecified atom stereocenters. The average Bonchev–Trinajstić information content (AvgIpc) is 3.36. The van der Waals surface area contributed by atoms with Crippen molar-refractivity contribution in [1.82, 2.24) is 14.6 Å². The van der Waals surface area contributed by atoms with Crippen LogP contribution >= 0.6 is 0 Å². The van der Waals surface area contributed by atoms with Crippen molar-refractivity contribution in [3.05, 3.63) is 94.0 Å². The van der Waals surface area contributed by atoms with E-state index in [-0.39, 0.29) is 28.3 Å². The third kappa shape index (κ3) is 4.27. The highest BCUT2D eigenvalue weighted by Crippen LogP contribution is 2.33. The lowest BCUT2D eigenvalue weighted by Gasteiger charge is -2.23. The Kier molecular flexibility index (Phi) is 6.11.